The molecule has 3 aromatic rings. The first-order valence-electron chi connectivity index (χ1n) is 15.3. The molecule has 0 saturated carbocycles. The zero-order valence-electron chi connectivity index (χ0n) is 26.0. The van der Waals surface area contributed by atoms with Crippen LogP contribution in [-0.2, 0) is 48.3 Å². The number of benzene rings is 3. The maximum absolute atomic E-state index is 13.7. The van der Waals surface area contributed by atoms with Gasteiger partial charge in [0.15, 0.2) is 5.78 Å². The van der Waals surface area contributed by atoms with Crippen LogP contribution in [-0.4, -0.2) is 65.5 Å². The van der Waals surface area contributed by atoms with Crippen molar-refractivity contribution in [2.45, 2.75) is 96.0 Å². The zero-order valence-corrected chi connectivity index (χ0v) is 26.0. The first-order chi connectivity index (χ1) is 21.2. The summed E-state index contributed by atoms with van der Waals surface area (Å²) in [5.41, 5.74) is 2.29. The van der Waals surface area contributed by atoms with Gasteiger partial charge in [0.2, 0.25) is 0 Å². The van der Waals surface area contributed by atoms with Crippen molar-refractivity contribution in [1.82, 2.24) is 4.90 Å². The number of amides is 1. The van der Waals surface area contributed by atoms with E-state index in [0.29, 0.717) is 26.2 Å². The van der Waals surface area contributed by atoms with E-state index in [1.54, 1.807) is 0 Å². The predicted molar refractivity (Wildman–Crippen MR) is 166 cm³/mol. The summed E-state index contributed by atoms with van der Waals surface area (Å²) in [5, 5.41) is 0. The Labute approximate surface area is 260 Å². The lowest BCUT2D eigenvalue weighted by Crippen LogP contribution is -2.64. The Morgan fingerprint density at radius 1 is 0.773 bits per heavy atom. The third kappa shape index (κ3) is 8.12. The summed E-state index contributed by atoms with van der Waals surface area (Å²) < 4.78 is 32.0. The van der Waals surface area contributed by atoms with Crippen LogP contribution in [0.1, 0.15) is 50.8 Å². The van der Waals surface area contributed by atoms with E-state index in [1.807, 2.05) is 112 Å². The van der Waals surface area contributed by atoms with Crippen LogP contribution in [0.3, 0.4) is 0 Å². The minimum Gasteiger partial charge on any atom is -0.444 e. The molecule has 0 N–H and O–H groups in total. The molecule has 2 aliphatic heterocycles. The highest BCUT2D eigenvalue weighted by Gasteiger charge is 2.58. The summed E-state index contributed by atoms with van der Waals surface area (Å²) in [5.74, 6) is -0.130. The van der Waals surface area contributed by atoms with E-state index >= 15 is 0 Å². The van der Waals surface area contributed by atoms with Gasteiger partial charge < -0.3 is 23.7 Å². The van der Waals surface area contributed by atoms with Gasteiger partial charge in [-0.2, -0.15) is 0 Å². The quantitative estimate of drug-likeness (QED) is 0.262. The number of hydrogen-bond acceptors (Lipinski definition) is 7. The molecule has 8 nitrogen and oxygen atoms in total. The molecule has 0 aromatic heterocycles. The molecule has 2 aliphatic rings. The molecule has 2 fully saturated rings. The van der Waals surface area contributed by atoms with Crippen LogP contribution >= 0.6 is 0 Å². The Bertz CT molecular complexity index is 1350. The van der Waals surface area contributed by atoms with E-state index in [4.69, 9.17) is 23.7 Å². The number of likely N-dealkylation sites (tertiary alicyclic amines) is 1. The molecular weight excluding hydrogens is 558 g/mol. The molecule has 0 aliphatic carbocycles. The second-order valence-corrected chi connectivity index (χ2v) is 12.5. The van der Waals surface area contributed by atoms with Gasteiger partial charge in [0, 0.05) is 6.42 Å². The van der Waals surface area contributed by atoms with E-state index < -0.39 is 48.2 Å². The van der Waals surface area contributed by atoms with Crippen molar-refractivity contribution >= 4 is 11.9 Å². The lowest BCUT2D eigenvalue weighted by molar-refractivity contribution is -0.234. The number of Topliss-reactive ketones (excluding diaryl/α,β-unsaturated/α-hetero) is 1. The minimum absolute atomic E-state index is 0.130. The number of carbonyl (C=O) groups is 2. The van der Waals surface area contributed by atoms with Gasteiger partial charge in [-0.25, -0.2) is 4.79 Å². The second-order valence-electron chi connectivity index (χ2n) is 12.5. The number of ether oxygens (including phenoxy) is 5. The molecule has 1 amide bonds. The average Bonchev–Trinajstić information content (AvgIpc) is 3.40. The van der Waals surface area contributed by atoms with E-state index in [9.17, 15) is 9.59 Å². The van der Waals surface area contributed by atoms with Gasteiger partial charge in [0.25, 0.3) is 0 Å². The smallest absolute Gasteiger partial charge is 0.411 e. The highest BCUT2D eigenvalue weighted by molar-refractivity contribution is 5.86. The van der Waals surface area contributed by atoms with Gasteiger partial charge in [-0.05, 0) is 44.4 Å². The SMILES string of the molecule is CC(=O)[C@H]1C[C@H]2OC(COCc3ccccc3)[C@H](OCc3ccccc3)[C@@H](OCc3ccccc3)C2N1C(=O)OC(C)(C)C. The molecule has 0 radical (unpaired) electrons. The van der Waals surface area contributed by atoms with Crippen LogP contribution in [0.15, 0.2) is 91.0 Å². The summed E-state index contributed by atoms with van der Waals surface area (Å²) in [6, 6.07) is 28.4. The number of hydrogen-bond donors (Lipinski definition) is 0. The highest BCUT2D eigenvalue weighted by Crippen LogP contribution is 2.40. The molecule has 0 spiro atoms. The van der Waals surface area contributed by atoms with Crippen LogP contribution in [0.4, 0.5) is 4.79 Å². The Morgan fingerprint density at radius 3 is 1.77 bits per heavy atom. The molecule has 3 aromatic carbocycles. The molecular formula is C36H43NO7. The molecule has 44 heavy (non-hydrogen) atoms. The monoisotopic (exact) mass is 601 g/mol. The normalized spacial score (nSPS) is 25.0. The Kier molecular flexibility index (Phi) is 10.5. The fourth-order valence-corrected chi connectivity index (χ4v) is 5.93. The van der Waals surface area contributed by atoms with Crippen molar-refractivity contribution in [2.24, 2.45) is 0 Å². The Hall–Kier alpha value is -3.56. The van der Waals surface area contributed by atoms with E-state index in [1.165, 1.54) is 11.8 Å². The number of ketones is 1. The van der Waals surface area contributed by atoms with Gasteiger partial charge in [-0.3, -0.25) is 9.69 Å². The highest BCUT2D eigenvalue weighted by atomic mass is 16.6. The molecule has 8 heteroatoms. The fraction of sp³-hybridized carbons (Fsp3) is 0.444. The molecule has 6 atom stereocenters. The molecule has 234 valence electrons. The van der Waals surface area contributed by atoms with E-state index in [0.717, 1.165) is 16.7 Å². The van der Waals surface area contributed by atoms with Gasteiger partial charge in [-0.15, -0.1) is 0 Å². The van der Waals surface area contributed by atoms with Gasteiger partial charge in [0.05, 0.1) is 44.6 Å². The maximum Gasteiger partial charge on any atom is 0.411 e. The van der Waals surface area contributed by atoms with Crippen molar-refractivity contribution < 1.29 is 33.3 Å². The maximum atomic E-state index is 13.7. The minimum atomic E-state index is -0.747. The number of rotatable bonds is 11. The second kappa shape index (κ2) is 14.5. The first kappa shape index (κ1) is 31.9. The fourth-order valence-electron chi connectivity index (χ4n) is 5.93. The van der Waals surface area contributed by atoms with E-state index in [-0.39, 0.29) is 12.4 Å². The van der Waals surface area contributed by atoms with Gasteiger partial charge >= 0.3 is 6.09 Å². The summed E-state index contributed by atoms with van der Waals surface area (Å²) in [6.07, 6.45) is -2.44. The summed E-state index contributed by atoms with van der Waals surface area (Å²) >= 11 is 0. The molecule has 2 saturated heterocycles. The van der Waals surface area contributed by atoms with Gasteiger partial charge in [-0.1, -0.05) is 91.0 Å². The Balaban J connectivity index is 1.47. The topological polar surface area (TPSA) is 83.5 Å². The number of fused-ring (bicyclic) bond motifs is 1. The van der Waals surface area contributed by atoms with Crippen molar-refractivity contribution in [3.63, 3.8) is 0 Å². The molecule has 2 heterocycles. The predicted octanol–water partition coefficient (Wildman–Crippen LogP) is 6.11. The largest absolute Gasteiger partial charge is 0.444 e. The van der Waals surface area contributed by atoms with Crippen LogP contribution in [0.2, 0.25) is 0 Å². The van der Waals surface area contributed by atoms with Crippen molar-refractivity contribution in [2.75, 3.05) is 6.61 Å². The number of carbonyl (C=O) groups excluding carboxylic acids is 2. The first-order valence-corrected chi connectivity index (χ1v) is 15.3. The van der Waals surface area contributed by atoms with E-state index in [2.05, 4.69) is 0 Å². The lowest BCUT2D eigenvalue weighted by atomic mass is 9.92. The molecule has 5 rings (SSSR count). The zero-order chi connectivity index (χ0) is 31.1. The van der Waals surface area contributed by atoms with Crippen molar-refractivity contribution in [3.8, 4) is 0 Å². The van der Waals surface area contributed by atoms with Crippen LogP contribution < -0.4 is 0 Å². The van der Waals surface area contributed by atoms with Crippen molar-refractivity contribution in [3.05, 3.63) is 108 Å². The lowest BCUT2D eigenvalue weighted by Gasteiger charge is -2.46. The average molecular weight is 602 g/mol. The van der Waals surface area contributed by atoms with Gasteiger partial charge in [0.1, 0.15) is 23.9 Å². The number of nitrogens with zero attached hydrogens (tertiary/aromatic N) is 1. The summed E-state index contributed by atoms with van der Waals surface area (Å²) in [7, 11) is 0. The van der Waals surface area contributed by atoms with Crippen LogP contribution in [0, 0.1) is 0 Å². The Morgan fingerprint density at radius 2 is 1.27 bits per heavy atom. The summed E-state index contributed by atoms with van der Waals surface area (Å²) in [6.45, 7) is 8.22. The standard InChI is InChI=1S/C36H43NO7/c1-25(38)29-20-30-32(37(29)35(39)44-36(2,3)4)34(42-23-28-18-12-7-13-19-28)33(41-22-27-16-10-6-11-17-27)31(43-30)24-40-21-26-14-8-5-9-15-26/h5-19,29-34H,20-24H2,1-4H3/t29-,30-,31?,32?,33+,34+/m1/s1. The third-order valence-corrected chi connectivity index (χ3v) is 7.91. The third-order valence-electron chi connectivity index (χ3n) is 7.91. The van der Waals surface area contributed by atoms with Crippen LogP contribution in [0.25, 0.3) is 0 Å². The van der Waals surface area contributed by atoms with Crippen LogP contribution in [0.5, 0.6) is 0 Å². The summed E-state index contributed by atoms with van der Waals surface area (Å²) in [4.78, 5) is 28.2. The molecule has 0 bridgehead atoms. The van der Waals surface area contributed by atoms with Crippen molar-refractivity contribution in [1.29, 1.82) is 0 Å². The molecule has 2 unspecified atom stereocenters.